The molecule has 5 heteroatoms. The normalized spacial score (nSPS) is 14.9. The van der Waals surface area contributed by atoms with Gasteiger partial charge in [0.15, 0.2) is 23.1 Å². The first-order chi connectivity index (χ1) is 14.3. The summed E-state index contributed by atoms with van der Waals surface area (Å²) < 4.78 is 55.2. The van der Waals surface area contributed by atoms with Crippen LogP contribution in [0.1, 0.15) is 62.8 Å². The fourth-order valence-corrected chi connectivity index (χ4v) is 3.47. The Morgan fingerprint density at radius 3 is 2.47 bits per heavy atom. The maximum absolute atomic E-state index is 15.1. The fraction of sp³-hybridized carbons (Fsp3) is 0.440. The lowest BCUT2D eigenvalue weighted by atomic mass is 9.95. The zero-order valence-corrected chi connectivity index (χ0v) is 18.0. The molecule has 0 fully saturated rings. The highest BCUT2D eigenvalue weighted by Crippen LogP contribution is 2.42. The average molecular weight is 418 g/mol. The van der Waals surface area contributed by atoms with Crippen molar-refractivity contribution in [2.24, 2.45) is 5.92 Å². The summed E-state index contributed by atoms with van der Waals surface area (Å²) in [7, 11) is 0. The van der Waals surface area contributed by atoms with Crippen molar-refractivity contribution in [1.82, 2.24) is 0 Å². The highest BCUT2D eigenvalue weighted by molar-refractivity contribution is 5.59. The van der Waals surface area contributed by atoms with E-state index in [1.807, 2.05) is 26.8 Å². The maximum atomic E-state index is 15.1. The molecule has 162 valence electrons. The summed E-state index contributed by atoms with van der Waals surface area (Å²) in [5.74, 6) is -2.66. The summed E-state index contributed by atoms with van der Waals surface area (Å²) in [6.45, 7) is 8.53. The third-order valence-electron chi connectivity index (χ3n) is 5.45. The van der Waals surface area contributed by atoms with E-state index in [-0.39, 0.29) is 23.5 Å². The molecule has 0 saturated heterocycles. The molecular weight excluding hydrogens is 389 g/mol. The standard InChI is InChI=1S/C25H29F3O2/c1-5-7-18-12-20-13-19-11-10-17(9-8-15(3)14-29-16(4)6-2)22(27)24(19)30-25(20)23(28)21(18)26/h8-12,15-16H,5-7,13-14H2,1-4H3/b9-8+. The van der Waals surface area contributed by atoms with Crippen LogP contribution in [-0.4, -0.2) is 12.7 Å². The zero-order valence-electron chi connectivity index (χ0n) is 18.0. The van der Waals surface area contributed by atoms with Gasteiger partial charge in [-0.2, -0.15) is 4.39 Å². The second-order valence-corrected chi connectivity index (χ2v) is 8.03. The molecule has 0 bridgehead atoms. The van der Waals surface area contributed by atoms with Crippen LogP contribution in [0.4, 0.5) is 13.2 Å². The van der Waals surface area contributed by atoms with Crippen molar-refractivity contribution >= 4 is 6.08 Å². The van der Waals surface area contributed by atoms with E-state index >= 15 is 4.39 Å². The number of halogens is 3. The highest BCUT2D eigenvalue weighted by Gasteiger charge is 2.27. The van der Waals surface area contributed by atoms with Crippen molar-refractivity contribution in [3.63, 3.8) is 0 Å². The van der Waals surface area contributed by atoms with E-state index in [4.69, 9.17) is 9.47 Å². The van der Waals surface area contributed by atoms with Crippen LogP contribution in [0.5, 0.6) is 11.5 Å². The number of benzene rings is 2. The monoisotopic (exact) mass is 418 g/mol. The van der Waals surface area contributed by atoms with E-state index in [1.54, 1.807) is 24.3 Å². The molecule has 0 spiro atoms. The second-order valence-electron chi connectivity index (χ2n) is 8.03. The van der Waals surface area contributed by atoms with Crippen molar-refractivity contribution in [3.05, 3.63) is 64.0 Å². The molecule has 2 atom stereocenters. The number of hydrogen-bond donors (Lipinski definition) is 0. The van der Waals surface area contributed by atoms with E-state index in [0.717, 1.165) is 6.42 Å². The summed E-state index contributed by atoms with van der Waals surface area (Å²) in [6, 6.07) is 5.10. The van der Waals surface area contributed by atoms with Crippen LogP contribution in [-0.2, 0) is 17.6 Å². The van der Waals surface area contributed by atoms with Gasteiger partial charge in [-0.05, 0) is 37.3 Å². The number of fused-ring (bicyclic) bond motifs is 2. The van der Waals surface area contributed by atoms with Crippen molar-refractivity contribution in [3.8, 4) is 11.5 Å². The maximum Gasteiger partial charge on any atom is 0.201 e. The van der Waals surface area contributed by atoms with Crippen LogP contribution in [0.3, 0.4) is 0 Å². The first kappa shape index (κ1) is 22.4. The molecule has 1 heterocycles. The first-order valence-electron chi connectivity index (χ1n) is 10.6. The predicted octanol–water partition coefficient (Wildman–Crippen LogP) is 7.22. The van der Waals surface area contributed by atoms with E-state index in [1.165, 1.54) is 0 Å². The van der Waals surface area contributed by atoms with Gasteiger partial charge in [-0.1, -0.05) is 51.5 Å². The Balaban J connectivity index is 1.83. The third-order valence-corrected chi connectivity index (χ3v) is 5.45. The van der Waals surface area contributed by atoms with Gasteiger partial charge in [0.2, 0.25) is 5.82 Å². The summed E-state index contributed by atoms with van der Waals surface area (Å²) in [5, 5.41) is 0. The molecule has 3 rings (SSSR count). The Kier molecular flexibility index (Phi) is 7.24. The smallest absolute Gasteiger partial charge is 0.201 e. The molecule has 0 radical (unpaired) electrons. The van der Waals surface area contributed by atoms with Gasteiger partial charge in [0.05, 0.1) is 12.7 Å². The molecule has 0 amide bonds. The van der Waals surface area contributed by atoms with Crippen molar-refractivity contribution < 1.29 is 22.6 Å². The fourth-order valence-electron chi connectivity index (χ4n) is 3.47. The first-order valence-corrected chi connectivity index (χ1v) is 10.6. The Bertz CT molecular complexity index is 937. The summed E-state index contributed by atoms with van der Waals surface area (Å²) in [5.41, 5.74) is 1.84. The van der Waals surface area contributed by atoms with Gasteiger partial charge >= 0.3 is 0 Å². The lowest BCUT2D eigenvalue weighted by molar-refractivity contribution is 0.0507. The van der Waals surface area contributed by atoms with E-state index in [9.17, 15) is 8.78 Å². The molecule has 0 aliphatic carbocycles. The van der Waals surface area contributed by atoms with E-state index in [2.05, 4.69) is 6.92 Å². The number of hydrogen-bond acceptors (Lipinski definition) is 2. The quantitative estimate of drug-likeness (QED) is 0.385. The minimum Gasteiger partial charge on any atom is -0.450 e. The number of aryl methyl sites for hydroxylation is 1. The molecule has 0 saturated carbocycles. The third kappa shape index (κ3) is 4.72. The molecule has 30 heavy (non-hydrogen) atoms. The Labute approximate surface area is 176 Å². The minimum absolute atomic E-state index is 0.0327. The van der Waals surface area contributed by atoms with Crippen LogP contribution in [0, 0.1) is 23.4 Å². The lowest BCUT2D eigenvalue weighted by Gasteiger charge is -2.23. The predicted molar refractivity (Wildman–Crippen MR) is 114 cm³/mol. The van der Waals surface area contributed by atoms with Crippen LogP contribution in [0.25, 0.3) is 6.08 Å². The Hall–Kier alpha value is -2.27. The zero-order chi connectivity index (χ0) is 21.8. The lowest BCUT2D eigenvalue weighted by Crippen LogP contribution is -2.12. The molecule has 0 N–H and O–H groups in total. The molecule has 1 aliphatic rings. The SMILES string of the molecule is CCCc1cc2c(c(F)c1F)Oc1c(ccc(/C=C/C(C)COC(C)CC)c1F)C2. The van der Waals surface area contributed by atoms with E-state index in [0.29, 0.717) is 48.1 Å². The van der Waals surface area contributed by atoms with Gasteiger partial charge in [0.1, 0.15) is 0 Å². The average Bonchev–Trinajstić information content (AvgIpc) is 2.74. The topological polar surface area (TPSA) is 18.5 Å². The molecular formula is C25H29F3O2. The number of rotatable bonds is 8. The van der Waals surface area contributed by atoms with Crippen molar-refractivity contribution in [2.75, 3.05) is 6.61 Å². The molecule has 2 unspecified atom stereocenters. The van der Waals surface area contributed by atoms with Crippen molar-refractivity contribution in [1.29, 1.82) is 0 Å². The summed E-state index contributed by atoms with van der Waals surface area (Å²) in [4.78, 5) is 0. The van der Waals surface area contributed by atoms with Crippen LogP contribution >= 0.6 is 0 Å². The highest BCUT2D eigenvalue weighted by atomic mass is 19.2. The Morgan fingerprint density at radius 1 is 1.03 bits per heavy atom. The molecule has 2 aromatic carbocycles. The van der Waals surface area contributed by atoms with Crippen molar-refractivity contribution in [2.45, 2.75) is 59.5 Å². The molecule has 1 aliphatic heterocycles. The molecule has 2 nitrogen and oxygen atoms in total. The van der Waals surface area contributed by atoms with Gasteiger partial charge in [-0.25, -0.2) is 8.78 Å². The summed E-state index contributed by atoms with van der Waals surface area (Å²) >= 11 is 0. The Morgan fingerprint density at radius 2 is 1.77 bits per heavy atom. The van der Waals surface area contributed by atoms with E-state index < -0.39 is 17.5 Å². The van der Waals surface area contributed by atoms with Gasteiger partial charge < -0.3 is 9.47 Å². The minimum atomic E-state index is -1.04. The van der Waals surface area contributed by atoms with Crippen LogP contribution < -0.4 is 4.74 Å². The molecule has 2 aromatic rings. The largest absolute Gasteiger partial charge is 0.450 e. The van der Waals surface area contributed by atoms with Gasteiger partial charge in [0.25, 0.3) is 0 Å². The van der Waals surface area contributed by atoms with Gasteiger partial charge in [-0.3, -0.25) is 0 Å². The van der Waals surface area contributed by atoms with Crippen LogP contribution in [0.2, 0.25) is 0 Å². The van der Waals surface area contributed by atoms with Gasteiger partial charge in [0, 0.05) is 23.1 Å². The molecule has 0 aromatic heterocycles. The van der Waals surface area contributed by atoms with Gasteiger partial charge in [-0.15, -0.1) is 0 Å². The number of ether oxygens (including phenoxy) is 2. The second kappa shape index (κ2) is 9.69. The summed E-state index contributed by atoms with van der Waals surface area (Å²) in [6.07, 6.45) is 6.13. The van der Waals surface area contributed by atoms with Crippen LogP contribution in [0.15, 0.2) is 24.3 Å².